The standard InChI is InChI=1S/C14H28N2/c1-4-14(11(2)3)15-9-12-7-8-16(10-12)13-5-6-13/h11-15H,4-10H2,1-3H3. The maximum atomic E-state index is 3.76. The first-order chi connectivity index (χ1) is 7.70. The molecule has 0 aromatic heterocycles. The summed E-state index contributed by atoms with van der Waals surface area (Å²) >= 11 is 0. The maximum absolute atomic E-state index is 3.76. The van der Waals surface area contributed by atoms with Crippen LogP contribution in [0.25, 0.3) is 0 Å². The topological polar surface area (TPSA) is 15.3 Å². The summed E-state index contributed by atoms with van der Waals surface area (Å²) in [5, 5.41) is 3.76. The highest BCUT2D eigenvalue weighted by Crippen LogP contribution is 2.31. The zero-order chi connectivity index (χ0) is 11.5. The Balaban J connectivity index is 1.66. The lowest BCUT2D eigenvalue weighted by atomic mass is 10.0. The molecule has 0 aromatic rings. The van der Waals surface area contributed by atoms with Crippen molar-refractivity contribution in [1.29, 1.82) is 0 Å². The van der Waals surface area contributed by atoms with Gasteiger partial charge in [0.25, 0.3) is 0 Å². The van der Waals surface area contributed by atoms with Crippen LogP contribution >= 0.6 is 0 Å². The van der Waals surface area contributed by atoms with Gasteiger partial charge in [0.15, 0.2) is 0 Å². The van der Waals surface area contributed by atoms with Crippen LogP contribution in [0.15, 0.2) is 0 Å². The van der Waals surface area contributed by atoms with E-state index in [0.29, 0.717) is 0 Å². The van der Waals surface area contributed by atoms with Crippen LogP contribution in [-0.2, 0) is 0 Å². The lowest BCUT2D eigenvalue weighted by molar-refractivity contribution is 0.302. The van der Waals surface area contributed by atoms with Gasteiger partial charge in [-0.25, -0.2) is 0 Å². The van der Waals surface area contributed by atoms with Crippen molar-refractivity contribution in [3.63, 3.8) is 0 Å². The number of likely N-dealkylation sites (tertiary alicyclic amines) is 1. The molecule has 1 aliphatic heterocycles. The van der Waals surface area contributed by atoms with Gasteiger partial charge in [0.2, 0.25) is 0 Å². The molecule has 2 heteroatoms. The lowest BCUT2D eigenvalue weighted by Crippen LogP contribution is -2.37. The van der Waals surface area contributed by atoms with Crippen molar-refractivity contribution in [3.8, 4) is 0 Å². The molecule has 2 unspecified atom stereocenters. The minimum absolute atomic E-state index is 0.718. The highest BCUT2D eigenvalue weighted by atomic mass is 15.2. The molecule has 0 radical (unpaired) electrons. The van der Waals surface area contributed by atoms with E-state index in [2.05, 4.69) is 31.0 Å². The monoisotopic (exact) mass is 224 g/mol. The summed E-state index contributed by atoms with van der Waals surface area (Å²) in [6.45, 7) is 10.9. The number of hydrogen-bond donors (Lipinski definition) is 1. The highest BCUT2D eigenvalue weighted by Gasteiger charge is 2.34. The first kappa shape index (κ1) is 12.4. The molecule has 1 heterocycles. The average molecular weight is 224 g/mol. The second-order valence-electron chi connectivity index (χ2n) is 6.05. The first-order valence-corrected chi connectivity index (χ1v) is 7.18. The normalized spacial score (nSPS) is 28.9. The van der Waals surface area contributed by atoms with Crippen molar-refractivity contribution in [2.24, 2.45) is 11.8 Å². The molecule has 2 rings (SSSR count). The van der Waals surface area contributed by atoms with E-state index in [0.717, 1.165) is 23.9 Å². The smallest absolute Gasteiger partial charge is 0.00965 e. The number of nitrogens with one attached hydrogen (secondary N) is 1. The molecule has 1 N–H and O–H groups in total. The molecule has 0 aromatic carbocycles. The van der Waals surface area contributed by atoms with Crippen LogP contribution in [0.3, 0.4) is 0 Å². The highest BCUT2D eigenvalue weighted by molar-refractivity contribution is 4.90. The molecule has 94 valence electrons. The Morgan fingerprint density at radius 2 is 2.00 bits per heavy atom. The van der Waals surface area contributed by atoms with Gasteiger partial charge < -0.3 is 10.2 Å². The van der Waals surface area contributed by atoms with Gasteiger partial charge >= 0.3 is 0 Å². The Hall–Kier alpha value is -0.0800. The lowest BCUT2D eigenvalue weighted by Gasteiger charge is -2.23. The summed E-state index contributed by atoms with van der Waals surface area (Å²) in [4.78, 5) is 2.71. The van der Waals surface area contributed by atoms with E-state index < -0.39 is 0 Å². The third kappa shape index (κ3) is 3.21. The Morgan fingerprint density at radius 1 is 1.25 bits per heavy atom. The van der Waals surface area contributed by atoms with E-state index in [9.17, 15) is 0 Å². The first-order valence-electron chi connectivity index (χ1n) is 7.18. The predicted octanol–water partition coefficient (Wildman–Crippen LogP) is 2.49. The molecule has 2 nitrogen and oxygen atoms in total. The minimum atomic E-state index is 0.718. The summed E-state index contributed by atoms with van der Waals surface area (Å²) in [5.74, 6) is 1.68. The third-order valence-electron chi connectivity index (χ3n) is 4.29. The Morgan fingerprint density at radius 3 is 2.56 bits per heavy atom. The van der Waals surface area contributed by atoms with Gasteiger partial charge in [-0.3, -0.25) is 0 Å². The number of rotatable bonds is 6. The molecule has 0 spiro atoms. The minimum Gasteiger partial charge on any atom is -0.313 e. The molecule has 2 fully saturated rings. The fourth-order valence-electron chi connectivity index (χ4n) is 2.97. The van der Waals surface area contributed by atoms with Crippen LogP contribution in [0.1, 0.15) is 46.5 Å². The summed E-state index contributed by atoms with van der Waals surface area (Å²) in [5.41, 5.74) is 0. The molecule has 2 aliphatic rings. The molecule has 2 atom stereocenters. The molecular weight excluding hydrogens is 196 g/mol. The van der Waals surface area contributed by atoms with Crippen LogP contribution < -0.4 is 5.32 Å². The van der Waals surface area contributed by atoms with Crippen LogP contribution in [0.4, 0.5) is 0 Å². The van der Waals surface area contributed by atoms with E-state index in [1.807, 2.05) is 0 Å². The molecular formula is C14H28N2. The summed E-state index contributed by atoms with van der Waals surface area (Å²) in [6.07, 6.45) is 5.60. The Kier molecular flexibility index (Phi) is 4.26. The summed E-state index contributed by atoms with van der Waals surface area (Å²) < 4.78 is 0. The molecule has 16 heavy (non-hydrogen) atoms. The molecule has 1 saturated heterocycles. The summed E-state index contributed by atoms with van der Waals surface area (Å²) in [7, 11) is 0. The molecule has 0 bridgehead atoms. The third-order valence-corrected chi connectivity index (χ3v) is 4.29. The van der Waals surface area contributed by atoms with Gasteiger partial charge in [0, 0.05) is 18.6 Å². The second kappa shape index (κ2) is 5.50. The van der Waals surface area contributed by atoms with Crippen molar-refractivity contribution >= 4 is 0 Å². The SMILES string of the molecule is CCC(NCC1CCN(C2CC2)C1)C(C)C. The van der Waals surface area contributed by atoms with Crippen molar-refractivity contribution in [1.82, 2.24) is 10.2 Å². The van der Waals surface area contributed by atoms with Gasteiger partial charge in [-0.05, 0) is 50.6 Å². The van der Waals surface area contributed by atoms with Gasteiger partial charge in [0.1, 0.15) is 0 Å². The fourth-order valence-corrected chi connectivity index (χ4v) is 2.97. The summed E-state index contributed by atoms with van der Waals surface area (Å²) in [6, 6.07) is 1.69. The van der Waals surface area contributed by atoms with Gasteiger partial charge in [0.05, 0.1) is 0 Å². The molecule has 1 aliphatic carbocycles. The zero-order valence-electron chi connectivity index (χ0n) is 11.2. The van der Waals surface area contributed by atoms with E-state index >= 15 is 0 Å². The van der Waals surface area contributed by atoms with Crippen molar-refractivity contribution < 1.29 is 0 Å². The quantitative estimate of drug-likeness (QED) is 0.746. The Labute approximate surface area is 101 Å². The van der Waals surface area contributed by atoms with E-state index in [1.54, 1.807) is 0 Å². The van der Waals surface area contributed by atoms with E-state index in [-0.39, 0.29) is 0 Å². The maximum Gasteiger partial charge on any atom is 0.00965 e. The van der Waals surface area contributed by atoms with E-state index in [4.69, 9.17) is 0 Å². The predicted molar refractivity (Wildman–Crippen MR) is 69.6 cm³/mol. The molecule has 1 saturated carbocycles. The molecule has 0 amide bonds. The van der Waals surface area contributed by atoms with Gasteiger partial charge in [-0.15, -0.1) is 0 Å². The van der Waals surface area contributed by atoms with Crippen molar-refractivity contribution in [3.05, 3.63) is 0 Å². The number of nitrogens with zero attached hydrogens (tertiary/aromatic N) is 1. The zero-order valence-corrected chi connectivity index (χ0v) is 11.2. The average Bonchev–Trinajstić information content (AvgIpc) is 3.00. The van der Waals surface area contributed by atoms with Crippen molar-refractivity contribution in [2.75, 3.05) is 19.6 Å². The van der Waals surface area contributed by atoms with Crippen LogP contribution in [0, 0.1) is 11.8 Å². The van der Waals surface area contributed by atoms with Crippen LogP contribution in [0.2, 0.25) is 0 Å². The number of hydrogen-bond acceptors (Lipinski definition) is 2. The van der Waals surface area contributed by atoms with Crippen molar-refractivity contribution in [2.45, 2.75) is 58.5 Å². The van der Waals surface area contributed by atoms with Gasteiger partial charge in [-0.2, -0.15) is 0 Å². The second-order valence-corrected chi connectivity index (χ2v) is 6.05. The Bertz CT molecular complexity index is 211. The largest absolute Gasteiger partial charge is 0.313 e. The van der Waals surface area contributed by atoms with E-state index in [1.165, 1.54) is 45.3 Å². The van der Waals surface area contributed by atoms with Crippen LogP contribution in [-0.4, -0.2) is 36.6 Å². The fraction of sp³-hybridized carbons (Fsp3) is 1.00. The van der Waals surface area contributed by atoms with Gasteiger partial charge in [-0.1, -0.05) is 20.8 Å². The van der Waals surface area contributed by atoms with Crippen LogP contribution in [0.5, 0.6) is 0 Å².